The van der Waals surface area contributed by atoms with Crippen LogP contribution in [-0.4, -0.2) is 71.2 Å². The van der Waals surface area contributed by atoms with E-state index in [4.69, 9.17) is 9.15 Å². The highest BCUT2D eigenvalue weighted by Gasteiger charge is 2.39. The summed E-state index contributed by atoms with van der Waals surface area (Å²) < 4.78 is 36.9. The quantitative estimate of drug-likeness (QED) is 0.445. The second-order valence-electron chi connectivity index (χ2n) is 7.49. The summed E-state index contributed by atoms with van der Waals surface area (Å²) >= 11 is 1.47. The lowest BCUT2D eigenvalue weighted by molar-refractivity contribution is -0.155. The Morgan fingerprint density at radius 1 is 1.31 bits per heavy atom. The Bertz CT molecular complexity index is 1010. The van der Waals surface area contributed by atoms with Crippen LogP contribution in [0.15, 0.2) is 21.9 Å². The molecular weight excluding hydrogens is 456 g/mol. The van der Waals surface area contributed by atoms with Crippen molar-refractivity contribution in [1.29, 1.82) is 0 Å². The van der Waals surface area contributed by atoms with E-state index in [1.807, 2.05) is 24.4 Å². The first-order valence-electron chi connectivity index (χ1n) is 10.7. The number of amides is 1. The number of carbonyl (C=O) groups is 2. The summed E-state index contributed by atoms with van der Waals surface area (Å²) in [5.41, 5.74) is 0. The highest BCUT2D eigenvalue weighted by Crippen LogP contribution is 2.24. The Kier molecular flexibility index (Phi) is 8.38. The normalized spacial score (nSPS) is 16.9. The molecule has 1 amide bonds. The molecule has 1 atom stereocenters. The molecule has 12 heteroatoms. The first-order valence-corrected chi connectivity index (χ1v) is 13.1. The zero-order valence-corrected chi connectivity index (χ0v) is 19.9. The maximum Gasteiger partial charge on any atom is 0.324 e. The minimum atomic E-state index is -3.51. The molecule has 0 N–H and O–H groups in total. The van der Waals surface area contributed by atoms with E-state index in [0.29, 0.717) is 44.7 Å². The van der Waals surface area contributed by atoms with E-state index >= 15 is 0 Å². The third-order valence-corrected chi connectivity index (χ3v) is 7.94. The lowest BCUT2D eigenvalue weighted by Gasteiger charge is -2.23. The van der Waals surface area contributed by atoms with Gasteiger partial charge in [-0.3, -0.25) is 9.59 Å². The van der Waals surface area contributed by atoms with Gasteiger partial charge in [0.05, 0.1) is 17.2 Å². The monoisotopic (exact) mass is 484 g/mol. The van der Waals surface area contributed by atoms with E-state index in [0.717, 1.165) is 4.88 Å². The maximum absolute atomic E-state index is 12.7. The van der Waals surface area contributed by atoms with Crippen LogP contribution in [0.1, 0.15) is 45.4 Å². The van der Waals surface area contributed by atoms with Crippen LogP contribution in [0.5, 0.6) is 0 Å². The topological polar surface area (TPSA) is 123 Å². The van der Waals surface area contributed by atoms with Crippen molar-refractivity contribution in [2.45, 2.75) is 52.1 Å². The molecule has 2 aromatic rings. The fourth-order valence-electron chi connectivity index (χ4n) is 3.55. The van der Waals surface area contributed by atoms with E-state index in [2.05, 4.69) is 10.2 Å². The summed E-state index contributed by atoms with van der Waals surface area (Å²) in [6, 6.07) is 2.87. The molecule has 1 saturated heterocycles. The average molecular weight is 485 g/mol. The van der Waals surface area contributed by atoms with Gasteiger partial charge in [-0.05, 0) is 37.1 Å². The number of hydrogen-bond donors (Lipinski definition) is 0. The molecule has 3 heterocycles. The van der Waals surface area contributed by atoms with Crippen LogP contribution in [0.4, 0.5) is 0 Å². The van der Waals surface area contributed by atoms with Gasteiger partial charge in [-0.15, -0.1) is 21.5 Å². The van der Waals surface area contributed by atoms with Gasteiger partial charge in [0.25, 0.3) is 11.8 Å². The Morgan fingerprint density at radius 3 is 2.81 bits per heavy atom. The van der Waals surface area contributed by atoms with Gasteiger partial charge < -0.3 is 14.1 Å². The number of sulfonamides is 1. The molecule has 1 fully saturated rings. The molecule has 1 unspecified atom stereocenters. The molecule has 1 aliphatic heterocycles. The molecule has 10 nitrogen and oxygen atoms in total. The minimum Gasteiger partial charge on any atom is -0.454 e. The van der Waals surface area contributed by atoms with E-state index in [1.54, 1.807) is 6.92 Å². The Balaban J connectivity index is 1.58. The van der Waals surface area contributed by atoms with Gasteiger partial charge in [-0.1, -0.05) is 19.9 Å². The van der Waals surface area contributed by atoms with E-state index in [-0.39, 0.29) is 18.2 Å². The SMILES string of the molecule is CCCN(Cc1nnc(-c2cccs2)o1)C(=O)COC(=O)C1CCCN1S(=O)(=O)CCC. The van der Waals surface area contributed by atoms with Crippen LogP contribution in [-0.2, 0) is 30.9 Å². The summed E-state index contributed by atoms with van der Waals surface area (Å²) in [4.78, 5) is 27.6. The van der Waals surface area contributed by atoms with Crippen molar-refractivity contribution >= 4 is 33.2 Å². The number of nitrogens with zero attached hydrogens (tertiary/aromatic N) is 4. The van der Waals surface area contributed by atoms with Gasteiger partial charge in [0.2, 0.25) is 15.9 Å². The molecule has 2 aromatic heterocycles. The smallest absolute Gasteiger partial charge is 0.324 e. The van der Waals surface area contributed by atoms with Gasteiger partial charge in [0, 0.05) is 13.1 Å². The van der Waals surface area contributed by atoms with Crippen LogP contribution in [0.3, 0.4) is 0 Å². The van der Waals surface area contributed by atoms with Crippen molar-refractivity contribution in [2.24, 2.45) is 0 Å². The van der Waals surface area contributed by atoms with Crippen molar-refractivity contribution in [2.75, 3.05) is 25.4 Å². The summed E-state index contributed by atoms with van der Waals surface area (Å²) in [5.74, 6) is -0.437. The van der Waals surface area contributed by atoms with Crippen LogP contribution in [0.25, 0.3) is 10.8 Å². The van der Waals surface area contributed by atoms with E-state index in [1.165, 1.54) is 20.5 Å². The van der Waals surface area contributed by atoms with Gasteiger partial charge in [-0.25, -0.2) is 8.42 Å². The number of aromatic nitrogens is 2. The number of ether oxygens (including phenoxy) is 1. The maximum atomic E-state index is 12.7. The molecular formula is C20H28N4O6S2. The first kappa shape index (κ1) is 24.3. The highest BCUT2D eigenvalue weighted by atomic mass is 32.2. The lowest BCUT2D eigenvalue weighted by atomic mass is 10.2. The zero-order chi connectivity index (χ0) is 23.1. The van der Waals surface area contributed by atoms with E-state index in [9.17, 15) is 18.0 Å². The third-order valence-electron chi connectivity index (χ3n) is 5.00. The number of carbonyl (C=O) groups excluding carboxylic acids is 2. The number of hydrogen-bond acceptors (Lipinski definition) is 9. The summed E-state index contributed by atoms with van der Waals surface area (Å²) in [7, 11) is -3.51. The fraction of sp³-hybridized carbons (Fsp3) is 0.600. The molecule has 1 aliphatic rings. The fourth-order valence-corrected chi connectivity index (χ4v) is 5.93. The van der Waals surface area contributed by atoms with E-state index < -0.39 is 34.5 Å². The van der Waals surface area contributed by atoms with Crippen molar-refractivity contribution in [3.8, 4) is 10.8 Å². The summed E-state index contributed by atoms with van der Waals surface area (Å²) in [6.07, 6.45) is 2.14. The Labute approximate surface area is 191 Å². The minimum absolute atomic E-state index is 0.0162. The van der Waals surface area contributed by atoms with Crippen LogP contribution in [0, 0.1) is 0 Å². The predicted octanol–water partition coefficient (Wildman–Crippen LogP) is 2.28. The standard InChI is InChI=1S/C20H28N4O6S2/c1-3-9-23(13-17-21-22-19(30-17)16-8-6-11-31-16)18(25)14-29-20(26)15-7-5-10-24(15)32(27,28)12-4-2/h6,8,11,15H,3-5,7,9-10,12-14H2,1-2H3. The molecule has 3 rings (SSSR count). The lowest BCUT2D eigenvalue weighted by Crippen LogP contribution is -2.43. The molecule has 176 valence electrons. The zero-order valence-electron chi connectivity index (χ0n) is 18.2. The van der Waals surface area contributed by atoms with Crippen molar-refractivity contribution < 1.29 is 27.2 Å². The van der Waals surface area contributed by atoms with Gasteiger partial charge in [0.15, 0.2) is 6.61 Å². The van der Waals surface area contributed by atoms with Crippen LogP contribution < -0.4 is 0 Å². The van der Waals surface area contributed by atoms with Crippen molar-refractivity contribution in [3.63, 3.8) is 0 Å². The third kappa shape index (κ3) is 5.93. The molecule has 0 aromatic carbocycles. The highest BCUT2D eigenvalue weighted by molar-refractivity contribution is 7.89. The summed E-state index contributed by atoms with van der Waals surface area (Å²) in [6.45, 7) is 4.04. The molecule has 0 aliphatic carbocycles. The van der Waals surface area contributed by atoms with Crippen molar-refractivity contribution in [3.05, 3.63) is 23.4 Å². The number of thiophene rings is 1. The molecule has 0 saturated carbocycles. The molecule has 32 heavy (non-hydrogen) atoms. The Morgan fingerprint density at radius 2 is 2.12 bits per heavy atom. The van der Waals surface area contributed by atoms with Crippen LogP contribution in [0.2, 0.25) is 0 Å². The second-order valence-corrected chi connectivity index (χ2v) is 10.5. The number of rotatable bonds is 11. The predicted molar refractivity (Wildman–Crippen MR) is 118 cm³/mol. The van der Waals surface area contributed by atoms with Crippen LogP contribution >= 0.6 is 11.3 Å². The van der Waals surface area contributed by atoms with Gasteiger partial charge >= 0.3 is 5.97 Å². The van der Waals surface area contributed by atoms with Gasteiger partial charge in [-0.2, -0.15) is 4.31 Å². The second kappa shape index (κ2) is 11.0. The molecule has 0 spiro atoms. The largest absolute Gasteiger partial charge is 0.454 e. The molecule has 0 radical (unpaired) electrons. The first-order chi connectivity index (χ1) is 15.4. The Hall–Kier alpha value is -2.31. The number of esters is 1. The average Bonchev–Trinajstić information content (AvgIpc) is 3.52. The van der Waals surface area contributed by atoms with Gasteiger partial charge in [0.1, 0.15) is 6.04 Å². The molecule has 0 bridgehead atoms. The van der Waals surface area contributed by atoms with Crippen molar-refractivity contribution in [1.82, 2.24) is 19.4 Å². The summed E-state index contributed by atoms with van der Waals surface area (Å²) in [5, 5.41) is 9.92.